The molecule has 0 N–H and O–H groups in total. The average molecular weight is 265 g/mol. The topological polar surface area (TPSA) is 44.8 Å². The molecule has 1 fully saturated rings. The molecule has 1 saturated heterocycles. The first-order valence-electron chi connectivity index (χ1n) is 3.86. The van der Waals surface area contributed by atoms with Crippen molar-refractivity contribution in [1.82, 2.24) is 5.06 Å². The molecule has 0 aromatic carbocycles. The number of hydrogen-bond acceptors (Lipinski definition) is 4. The Morgan fingerprint density at radius 2 is 1.82 bits per heavy atom. The first kappa shape index (κ1) is 9.72. The molecule has 0 aromatic rings. The van der Waals surface area contributed by atoms with Crippen LogP contribution in [0.3, 0.4) is 0 Å². The van der Waals surface area contributed by atoms with Gasteiger partial charge in [-0.2, -0.15) is 0 Å². The van der Waals surface area contributed by atoms with Gasteiger partial charge in [0.2, 0.25) is 0 Å². The van der Waals surface area contributed by atoms with Gasteiger partial charge in [0.25, 0.3) is 0 Å². The molecular weight excluding hydrogens is 253 g/mol. The van der Waals surface area contributed by atoms with Crippen LogP contribution in [0.5, 0.6) is 0 Å². The number of hydroxylamine groups is 2. The van der Waals surface area contributed by atoms with Gasteiger partial charge in [0.1, 0.15) is 0 Å². The molecule has 0 bridgehead atoms. The van der Waals surface area contributed by atoms with E-state index in [1.807, 2.05) is 0 Å². The Morgan fingerprint density at radius 1 is 1.18 bits per heavy atom. The van der Waals surface area contributed by atoms with E-state index < -0.39 is 0 Å². The Morgan fingerprint density at radius 3 is 2.36 bits per heavy atom. The molecule has 0 atom stereocenters. The van der Waals surface area contributed by atoms with Gasteiger partial charge in [-0.05, 0) is 0 Å². The molecule has 0 unspecified atom stereocenters. The summed E-state index contributed by atoms with van der Waals surface area (Å²) in [5.74, 6) is 0. The summed E-state index contributed by atoms with van der Waals surface area (Å²) in [4.78, 5) is 4.42. The van der Waals surface area contributed by atoms with Gasteiger partial charge in [-0.1, -0.05) is 0 Å². The second-order valence-electron chi connectivity index (χ2n) is 2.53. The average Bonchev–Trinajstić information content (AvgIpc) is 1.94. The zero-order chi connectivity index (χ0) is 7.94. The zero-order valence-corrected chi connectivity index (χ0v) is 9.27. The summed E-state index contributed by atoms with van der Waals surface area (Å²) >= 11 is -0.0290. The van der Waals surface area contributed by atoms with E-state index in [1.165, 1.54) is 8.87 Å². The van der Waals surface area contributed by atoms with Crippen LogP contribution in [-0.2, 0) is 10.0 Å². The van der Waals surface area contributed by atoms with Gasteiger partial charge in [-0.25, -0.2) is 0 Å². The fourth-order valence-corrected chi connectivity index (χ4v) is 4.16. The summed E-state index contributed by atoms with van der Waals surface area (Å²) in [6.07, 6.45) is 2.32. The molecule has 1 rings (SSSR count). The van der Waals surface area contributed by atoms with E-state index >= 15 is 0 Å². The van der Waals surface area contributed by atoms with E-state index in [0.29, 0.717) is 0 Å². The maximum absolute atomic E-state index is 9.64. The van der Waals surface area contributed by atoms with Gasteiger partial charge in [-0.15, -0.1) is 0 Å². The van der Waals surface area contributed by atoms with E-state index in [9.17, 15) is 5.26 Å². The molecule has 11 heavy (non-hydrogen) atoms. The first-order valence-corrected chi connectivity index (χ1v) is 7.89. The quantitative estimate of drug-likeness (QED) is 0.392. The summed E-state index contributed by atoms with van der Waals surface area (Å²) in [6, 6.07) is 0. The molecule has 0 aromatic heterocycles. The Balaban J connectivity index is 2.15. The Labute approximate surface area is 76.5 Å². The van der Waals surface area contributed by atoms with Crippen molar-refractivity contribution in [3.63, 3.8) is 0 Å². The van der Waals surface area contributed by atoms with E-state index in [1.54, 1.807) is 5.06 Å². The van der Waals surface area contributed by atoms with Crippen LogP contribution in [0.4, 0.5) is 0 Å². The minimum absolute atomic E-state index is 0.0290. The van der Waals surface area contributed by atoms with Crippen molar-refractivity contribution in [3.05, 3.63) is 0 Å². The third-order valence-electron chi connectivity index (χ3n) is 1.66. The number of nitrogens with zero attached hydrogens (tertiary/aromatic N) is 1. The van der Waals surface area contributed by atoms with Crippen molar-refractivity contribution in [3.8, 4) is 0 Å². The van der Waals surface area contributed by atoms with Gasteiger partial charge in [0, 0.05) is 0 Å². The van der Waals surface area contributed by atoms with Crippen LogP contribution in [0.2, 0.25) is 8.87 Å². The Kier molecular flexibility index (Phi) is 5.47. The predicted molar refractivity (Wildman–Crippen MR) is 38.3 cm³/mol. The van der Waals surface area contributed by atoms with E-state index in [0.717, 1.165) is 25.9 Å². The van der Waals surface area contributed by atoms with Gasteiger partial charge in [0.05, 0.1) is 0 Å². The van der Waals surface area contributed by atoms with E-state index in [4.69, 9.17) is 0 Å². The first-order chi connectivity index (χ1) is 5.43. The molecule has 1 radical (unpaired) electrons. The van der Waals surface area contributed by atoms with E-state index in [2.05, 4.69) is 10.0 Å². The fourth-order valence-electron chi connectivity index (χ4n) is 1.12. The van der Waals surface area contributed by atoms with Crippen molar-refractivity contribution >= 4 is 21.1 Å². The minimum atomic E-state index is -0.0290. The molecule has 0 saturated carbocycles. The normalized spacial score (nSPS) is 21.9. The third-order valence-corrected chi connectivity index (χ3v) is 5.69. The monoisotopic (exact) mass is 266 g/mol. The van der Waals surface area contributed by atoms with E-state index in [-0.39, 0.29) is 21.1 Å². The zero-order valence-electron chi connectivity index (χ0n) is 6.41. The Hall–Kier alpha value is 0.639. The van der Waals surface area contributed by atoms with Crippen LogP contribution in [0.15, 0.2) is 0 Å². The third kappa shape index (κ3) is 4.27. The van der Waals surface area contributed by atoms with Gasteiger partial charge >= 0.3 is 76.3 Å². The van der Waals surface area contributed by atoms with Crippen molar-refractivity contribution in [2.45, 2.75) is 21.7 Å². The molecule has 0 aliphatic carbocycles. The van der Waals surface area contributed by atoms with Crippen LogP contribution in [0.25, 0.3) is 0 Å². The molecule has 1 aliphatic heterocycles. The van der Waals surface area contributed by atoms with Crippen molar-refractivity contribution in [2.24, 2.45) is 0 Å². The standard InChI is InChI=1S/C6H13NO3.Sn/c1-3-5-7(6-4-2)9-10-8;/h8H,1-6H2;/q;+1/p-1. The van der Waals surface area contributed by atoms with Crippen LogP contribution < -0.4 is 5.26 Å². The molecule has 0 amide bonds. The van der Waals surface area contributed by atoms with Gasteiger partial charge < -0.3 is 0 Å². The predicted octanol–water partition coefficient (Wildman–Crippen LogP) is -0.239. The number of rotatable bonds is 2. The molecule has 1 heterocycles. The summed E-state index contributed by atoms with van der Waals surface area (Å²) < 4.78 is 2.78. The number of hydrogen-bond donors (Lipinski definition) is 0. The van der Waals surface area contributed by atoms with Crippen molar-refractivity contribution in [2.75, 3.05) is 13.1 Å². The van der Waals surface area contributed by atoms with Crippen molar-refractivity contribution in [1.29, 1.82) is 0 Å². The fraction of sp³-hybridized carbons (Fsp3) is 1.00. The molecule has 4 nitrogen and oxygen atoms in total. The van der Waals surface area contributed by atoms with Crippen LogP contribution >= 0.6 is 0 Å². The molecule has 63 valence electrons. The Bertz CT molecular complexity index is 95.8. The summed E-state index contributed by atoms with van der Waals surface area (Å²) in [5, 5.41) is 14.6. The van der Waals surface area contributed by atoms with Crippen LogP contribution in [0, 0.1) is 0 Å². The summed E-state index contributed by atoms with van der Waals surface area (Å²) in [6.45, 7) is 1.70. The van der Waals surface area contributed by atoms with Crippen molar-refractivity contribution < 1.29 is 15.3 Å². The van der Waals surface area contributed by atoms with Crippen LogP contribution in [-0.4, -0.2) is 39.3 Å². The van der Waals surface area contributed by atoms with Gasteiger partial charge in [0.15, 0.2) is 0 Å². The second kappa shape index (κ2) is 6.19. The maximum atomic E-state index is 9.64. The molecule has 0 spiro atoms. The molecule has 5 heteroatoms. The molecular formula is C6H12NO3Sn. The SMILES string of the molecule is [O-]OON1CC[CH2][Sn+][CH2]CC1. The summed E-state index contributed by atoms with van der Waals surface area (Å²) in [5.41, 5.74) is 0. The van der Waals surface area contributed by atoms with Gasteiger partial charge in [-0.3, -0.25) is 0 Å². The van der Waals surface area contributed by atoms with Crippen LogP contribution in [0.1, 0.15) is 12.8 Å². The second-order valence-corrected chi connectivity index (χ2v) is 6.81. The molecule has 1 aliphatic rings. The summed E-state index contributed by atoms with van der Waals surface area (Å²) in [7, 11) is 0.